The van der Waals surface area contributed by atoms with Crippen LogP contribution in [0.4, 0.5) is 0 Å². The molecular weight excluding hydrogens is 364 g/mol. The summed E-state index contributed by atoms with van der Waals surface area (Å²) in [4.78, 5) is 15.5. The molecule has 4 rings (SSSR count). The molecule has 1 aromatic heterocycles. The predicted molar refractivity (Wildman–Crippen MR) is 104 cm³/mol. The molecule has 4 aromatic rings. The monoisotopic (exact) mass is 378 g/mol. The molecule has 6 heteroatoms. The third kappa shape index (κ3) is 3.64. The summed E-state index contributed by atoms with van der Waals surface area (Å²) in [5.41, 5.74) is 3.61. The van der Waals surface area contributed by atoms with Gasteiger partial charge < -0.3 is 9.84 Å². The van der Waals surface area contributed by atoms with Crippen LogP contribution in [0.5, 0.6) is 5.75 Å². The molecule has 0 aliphatic rings. The van der Waals surface area contributed by atoms with Gasteiger partial charge in [-0.2, -0.15) is 0 Å². The van der Waals surface area contributed by atoms with Gasteiger partial charge in [0.15, 0.2) is 0 Å². The molecule has 0 unspecified atom stereocenters. The van der Waals surface area contributed by atoms with Gasteiger partial charge in [0.2, 0.25) is 0 Å². The van der Waals surface area contributed by atoms with Gasteiger partial charge in [-0.15, -0.1) is 0 Å². The highest BCUT2D eigenvalue weighted by molar-refractivity contribution is 6.30. The number of carbonyl (C=O) groups is 1. The van der Waals surface area contributed by atoms with Crippen molar-refractivity contribution in [2.24, 2.45) is 0 Å². The normalized spacial score (nSPS) is 10.9. The highest BCUT2D eigenvalue weighted by Crippen LogP contribution is 2.22. The minimum Gasteiger partial charge on any atom is -0.489 e. The molecule has 5 nitrogen and oxygen atoms in total. The predicted octanol–water partition coefficient (Wildman–Crippen LogP) is 4.96. The Balaban J connectivity index is 1.55. The van der Waals surface area contributed by atoms with Crippen molar-refractivity contribution in [1.29, 1.82) is 0 Å². The van der Waals surface area contributed by atoms with Crippen molar-refractivity contribution in [3.8, 4) is 11.4 Å². The van der Waals surface area contributed by atoms with Crippen molar-refractivity contribution in [3.05, 3.63) is 89.2 Å². The molecule has 0 fully saturated rings. The van der Waals surface area contributed by atoms with E-state index in [9.17, 15) is 9.90 Å². The zero-order chi connectivity index (χ0) is 18.8. The maximum absolute atomic E-state index is 11.2. The number of carboxylic acids is 1. The number of aromatic carboxylic acids is 1. The Labute approximate surface area is 160 Å². The lowest BCUT2D eigenvalue weighted by Crippen LogP contribution is -1.98. The molecule has 0 spiro atoms. The van der Waals surface area contributed by atoms with Crippen LogP contribution in [0.3, 0.4) is 0 Å². The summed E-state index contributed by atoms with van der Waals surface area (Å²) in [6.45, 7) is 0.451. The maximum atomic E-state index is 11.2. The van der Waals surface area contributed by atoms with E-state index < -0.39 is 5.97 Å². The second-order valence-corrected chi connectivity index (χ2v) is 6.47. The highest BCUT2D eigenvalue weighted by atomic mass is 35.5. The van der Waals surface area contributed by atoms with Gasteiger partial charge in [-0.05, 0) is 60.2 Å². The van der Waals surface area contributed by atoms with Gasteiger partial charge >= 0.3 is 5.97 Å². The molecule has 27 heavy (non-hydrogen) atoms. The van der Waals surface area contributed by atoms with Gasteiger partial charge in [0, 0.05) is 10.7 Å². The molecule has 0 aliphatic heterocycles. The van der Waals surface area contributed by atoms with Crippen LogP contribution < -0.4 is 4.74 Å². The van der Waals surface area contributed by atoms with E-state index in [0.717, 1.165) is 28.0 Å². The molecule has 0 amide bonds. The smallest absolute Gasteiger partial charge is 0.335 e. The fraction of sp³-hybridized carbons (Fsp3) is 0.0476. The molecule has 3 aromatic carbocycles. The molecule has 0 atom stereocenters. The standard InChI is InChI=1S/C21H15ClN2O3/c22-16-4-1-14(2-5-16)12-27-18-8-6-17(7-9-18)24-13-23-19-10-3-15(21(25)26)11-20(19)24/h1-11,13H,12H2,(H,25,26). The number of rotatable bonds is 5. The van der Waals surface area contributed by atoms with Crippen molar-refractivity contribution in [2.45, 2.75) is 6.61 Å². The second kappa shape index (κ2) is 7.13. The van der Waals surface area contributed by atoms with Crippen molar-refractivity contribution >= 4 is 28.6 Å². The number of fused-ring (bicyclic) bond motifs is 1. The molecule has 134 valence electrons. The molecule has 1 N–H and O–H groups in total. The van der Waals surface area contributed by atoms with Gasteiger partial charge in [0.1, 0.15) is 18.7 Å². The molecule has 1 heterocycles. The summed E-state index contributed by atoms with van der Waals surface area (Å²) in [5.74, 6) is -0.222. The van der Waals surface area contributed by atoms with E-state index in [0.29, 0.717) is 11.6 Å². The number of hydrogen-bond acceptors (Lipinski definition) is 3. The van der Waals surface area contributed by atoms with Gasteiger partial charge in [0.25, 0.3) is 0 Å². The van der Waals surface area contributed by atoms with E-state index in [-0.39, 0.29) is 5.56 Å². The average Bonchev–Trinajstić information content (AvgIpc) is 3.11. The number of halogens is 1. The van der Waals surface area contributed by atoms with Crippen LogP contribution in [-0.4, -0.2) is 20.6 Å². The van der Waals surface area contributed by atoms with Crippen LogP contribution in [0.25, 0.3) is 16.7 Å². The van der Waals surface area contributed by atoms with Crippen molar-refractivity contribution < 1.29 is 14.6 Å². The van der Waals surface area contributed by atoms with Crippen molar-refractivity contribution in [3.63, 3.8) is 0 Å². The van der Waals surface area contributed by atoms with Crippen molar-refractivity contribution in [1.82, 2.24) is 9.55 Å². The Morgan fingerprint density at radius 3 is 2.48 bits per heavy atom. The topological polar surface area (TPSA) is 64.3 Å². The van der Waals surface area contributed by atoms with Crippen LogP contribution in [0.2, 0.25) is 5.02 Å². The summed E-state index contributed by atoms with van der Waals surface area (Å²) in [5, 5.41) is 9.89. The summed E-state index contributed by atoms with van der Waals surface area (Å²) in [7, 11) is 0. The molecular formula is C21H15ClN2O3. The van der Waals surface area contributed by atoms with E-state index in [1.165, 1.54) is 0 Å². The minimum atomic E-state index is -0.962. The number of benzene rings is 3. The lowest BCUT2D eigenvalue weighted by Gasteiger charge is -2.09. The summed E-state index contributed by atoms with van der Waals surface area (Å²) in [6, 6.07) is 20.0. The van der Waals surface area contributed by atoms with Crippen LogP contribution in [0, 0.1) is 0 Å². The Bertz CT molecular complexity index is 1100. The van der Waals surface area contributed by atoms with Crippen LogP contribution in [0.15, 0.2) is 73.1 Å². The quantitative estimate of drug-likeness (QED) is 0.533. The van der Waals surface area contributed by atoms with Gasteiger partial charge in [0.05, 0.1) is 16.6 Å². The van der Waals surface area contributed by atoms with Gasteiger partial charge in [-0.25, -0.2) is 9.78 Å². The lowest BCUT2D eigenvalue weighted by atomic mass is 10.2. The van der Waals surface area contributed by atoms with E-state index in [1.807, 2.05) is 53.1 Å². The third-order valence-corrected chi connectivity index (χ3v) is 4.48. The molecule has 0 aliphatic carbocycles. The number of ether oxygens (including phenoxy) is 1. The number of hydrogen-bond donors (Lipinski definition) is 1. The SMILES string of the molecule is O=C(O)c1ccc2ncn(-c3ccc(OCc4ccc(Cl)cc4)cc3)c2c1. The Hall–Kier alpha value is -3.31. The molecule has 0 radical (unpaired) electrons. The van der Waals surface area contributed by atoms with Crippen LogP contribution in [-0.2, 0) is 6.61 Å². The zero-order valence-electron chi connectivity index (χ0n) is 14.2. The zero-order valence-corrected chi connectivity index (χ0v) is 14.9. The largest absolute Gasteiger partial charge is 0.489 e. The number of carboxylic acid groups (broad SMARTS) is 1. The lowest BCUT2D eigenvalue weighted by molar-refractivity contribution is 0.0697. The van der Waals surface area contributed by atoms with E-state index in [4.69, 9.17) is 16.3 Å². The van der Waals surface area contributed by atoms with E-state index >= 15 is 0 Å². The second-order valence-electron chi connectivity index (χ2n) is 6.03. The fourth-order valence-electron chi connectivity index (χ4n) is 2.80. The van der Waals surface area contributed by atoms with Gasteiger partial charge in [-0.1, -0.05) is 23.7 Å². The Morgan fingerprint density at radius 2 is 1.78 bits per heavy atom. The first kappa shape index (κ1) is 17.1. The Kier molecular flexibility index (Phi) is 4.52. The summed E-state index contributed by atoms with van der Waals surface area (Å²) in [6.07, 6.45) is 1.68. The summed E-state index contributed by atoms with van der Waals surface area (Å²) >= 11 is 5.88. The van der Waals surface area contributed by atoms with Crippen molar-refractivity contribution in [2.75, 3.05) is 0 Å². The minimum absolute atomic E-state index is 0.229. The molecule has 0 saturated heterocycles. The first-order valence-electron chi connectivity index (χ1n) is 8.28. The number of nitrogens with zero attached hydrogens (tertiary/aromatic N) is 2. The van der Waals surface area contributed by atoms with Crippen LogP contribution >= 0.6 is 11.6 Å². The maximum Gasteiger partial charge on any atom is 0.335 e. The Morgan fingerprint density at radius 1 is 1.04 bits per heavy atom. The fourth-order valence-corrected chi connectivity index (χ4v) is 2.92. The van der Waals surface area contributed by atoms with Gasteiger partial charge in [-0.3, -0.25) is 4.57 Å². The van der Waals surface area contributed by atoms with Crippen LogP contribution in [0.1, 0.15) is 15.9 Å². The average molecular weight is 379 g/mol. The summed E-state index contributed by atoms with van der Waals surface area (Å²) < 4.78 is 7.65. The number of imidazole rings is 1. The molecule has 0 bridgehead atoms. The first-order valence-corrected chi connectivity index (χ1v) is 8.66. The molecule has 0 saturated carbocycles. The number of aromatic nitrogens is 2. The van der Waals surface area contributed by atoms with E-state index in [1.54, 1.807) is 24.5 Å². The third-order valence-electron chi connectivity index (χ3n) is 4.23. The highest BCUT2D eigenvalue weighted by Gasteiger charge is 2.09. The van der Waals surface area contributed by atoms with E-state index in [2.05, 4.69) is 4.98 Å². The first-order chi connectivity index (χ1) is 13.1.